The van der Waals surface area contributed by atoms with E-state index >= 15 is 0 Å². The molecule has 0 unspecified atom stereocenters. The molecule has 0 aromatic heterocycles. The number of thiocarbonyl (C=S) groups is 1. The fourth-order valence-corrected chi connectivity index (χ4v) is 6.21. The fourth-order valence-electron chi connectivity index (χ4n) is 3.95. The molecule has 0 spiro atoms. The third kappa shape index (κ3) is 4.35. The molecule has 6 nitrogen and oxygen atoms in total. The van der Waals surface area contributed by atoms with E-state index in [0.717, 1.165) is 48.2 Å². The molecule has 0 radical (unpaired) electrons. The van der Waals surface area contributed by atoms with Crippen LogP contribution in [0.4, 0.5) is 0 Å². The normalized spacial score (nSPS) is 21.1. The summed E-state index contributed by atoms with van der Waals surface area (Å²) in [5, 5.41) is 3.96. The maximum Gasteiger partial charge on any atom is 0.243 e. The Morgan fingerprint density at radius 1 is 1.14 bits per heavy atom. The molecule has 156 valence electrons. The SMILES string of the molecule is Cc1cc(C)c(C)c(S(=O)(=O)N2CCN(C(=S)NC[C@@H]3CCCO3)CC2)c1C. The summed E-state index contributed by atoms with van der Waals surface area (Å²) in [5.74, 6) is 0. The van der Waals surface area contributed by atoms with Crippen LogP contribution >= 0.6 is 12.2 Å². The largest absolute Gasteiger partial charge is 0.376 e. The van der Waals surface area contributed by atoms with Crippen molar-refractivity contribution in [2.45, 2.75) is 51.5 Å². The van der Waals surface area contributed by atoms with E-state index in [0.29, 0.717) is 36.2 Å². The number of sulfonamides is 1. The molecule has 3 rings (SSSR count). The molecule has 2 aliphatic heterocycles. The summed E-state index contributed by atoms with van der Waals surface area (Å²) >= 11 is 5.50. The van der Waals surface area contributed by atoms with Gasteiger partial charge in [0.25, 0.3) is 0 Å². The van der Waals surface area contributed by atoms with E-state index in [1.165, 1.54) is 0 Å². The first-order valence-electron chi connectivity index (χ1n) is 9.93. The van der Waals surface area contributed by atoms with Crippen molar-refractivity contribution in [3.63, 3.8) is 0 Å². The van der Waals surface area contributed by atoms with Crippen molar-refractivity contribution in [2.24, 2.45) is 0 Å². The Morgan fingerprint density at radius 2 is 1.75 bits per heavy atom. The lowest BCUT2D eigenvalue weighted by molar-refractivity contribution is 0.113. The number of benzene rings is 1. The van der Waals surface area contributed by atoms with Gasteiger partial charge in [0.1, 0.15) is 0 Å². The van der Waals surface area contributed by atoms with Crippen LogP contribution in [0, 0.1) is 27.7 Å². The van der Waals surface area contributed by atoms with Crippen LogP contribution in [0.15, 0.2) is 11.0 Å². The van der Waals surface area contributed by atoms with Crippen LogP contribution in [0.3, 0.4) is 0 Å². The maximum atomic E-state index is 13.4. The van der Waals surface area contributed by atoms with Gasteiger partial charge in [-0.2, -0.15) is 4.31 Å². The quantitative estimate of drug-likeness (QED) is 0.747. The van der Waals surface area contributed by atoms with Crippen LogP contribution in [-0.4, -0.2) is 68.2 Å². The first kappa shape index (κ1) is 21.5. The van der Waals surface area contributed by atoms with E-state index < -0.39 is 10.0 Å². The molecule has 2 saturated heterocycles. The molecule has 2 fully saturated rings. The highest BCUT2D eigenvalue weighted by molar-refractivity contribution is 7.89. The van der Waals surface area contributed by atoms with Gasteiger partial charge < -0.3 is 15.0 Å². The summed E-state index contributed by atoms with van der Waals surface area (Å²) in [5.41, 5.74) is 3.72. The van der Waals surface area contributed by atoms with Crippen molar-refractivity contribution in [2.75, 3.05) is 39.3 Å². The molecule has 2 heterocycles. The number of nitrogens with one attached hydrogen (secondary N) is 1. The standard InChI is InChI=1S/C20H31N3O3S2/c1-14-12-15(2)17(4)19(16(14)3)28(24,25)23-9-7-22(8-10-23)20(27)21-13-18-6-5-11-26-18/h12,18H,5-11,13H2,1-4H3,(H,21,27)/t18-/m0/s1. The van der Waals surface area contributed by atoms with Gasteiger partial charge in [0.15, 0.2) is 5.11 Å². The van der Waals surface area contributed by atoms with Crippen molar-refractivity contribution in [1.82, 2.24) is 14.5 Å². The summed E-state index contributed by atoms with van der Waals surface area (Å²) < 4.78 is 33.9. The number of aryl methyl sites for hydroxylation is 2. The second kappa shape index (κ2) is 8.65. The predicted octanol–water partition coefficient (Wildman–Crippen LogP) is 2.28. The van der Waals surface area contributed by atoms with E-state index in [9.17, 15) is 8.42 Å². The minimum atomic E-state index is -3.52. The van der Waals surface area contributed by atoms with E-state index in [4.69, 9.17) is 17.0 Å². The number of ether oxygens (including phenoxy) is 1. The zero-order chi connectivity index (χ0) is 20.5. The van der Waals surface area contributed by atoms with Crippen molar-refractivity contribution in [1.29, 1.82) is 0 Å². The summed E-state index contributed by atoms with van der Waals surface area (Å²) in [6.07, 6.45) is 2.40. The Labute approximate surface area is 174 Å². The van der Waals surface area contributed by atoms with Crippen LogP contribution in [-0.2, 0) is 14.8 Å². The molecular weight excluding hydrogens is 394 g/mol. The molecule has 2 aliphatic rings. The molecule has 0 saturated carbocycles. The Morgan fingerprint density at radius 3 is 2.29 bits per heavy atom. The minimum absolute atomic E-state index is 0.232. The lowest BCUT2D eigenvalue weighted by Gasteiger charge is -2.36. The van der Waals surface area contributed by atoms with Gasteiger partial charge in [-0.1, -0.05) is 6.07 Å². The van der Waals surface area contributed by atoms with Crippen LogP contribution in [0.5, 0.6) is 0 Å². The third-order valence-corrected chi connectivity index (χ3v) is 8.50. The van der Waals surface area contributed by atoms with Gasteiger partial charge in [0.2, 0.25) is 10.0 Å². The number of hydrogen-bond donors (Lipinski definition) is 1. The Hall–Kier alpha value is -1.22. The number of hydrogen-bond acceptors (Lipinski definition) is 4. The molecule has 0 bridgehead atoms. The Bertz CT molecular complexity index is 814. The first-order chi connectivity index (χ1) is 13.2. The zero-order valence-corrected chi connectivity index (χ0v) is 18.9. The van der Waals surface area contributed by atoms with Gasteiger partial charge >= 0.3 is 0 Å². The minimum Gasteiger partial charge on any atom is -0.376 e. The first-order valence-corrected chi connectivity index (χ1v) is 11.8. The summed E-state index contributed by atoms with van der Waals surface area (Å²) in [7, 11) is -3.52. The van der Waals surface area contributed by atoms with Gasteiger partial charge in [-0.05, 0) is 75.0 Å². The monoisotopic (exact) mass is 425 g/mol. The predicted molar refractivity (Wildman–Crippen MR) is 115 cm³/mol. The van der Waals surface area contributed by atoms with Crippen LogP contribution in [0.1, 0.15) is 35.1 Å². The van der Waals surface area contributed by atoms with Gasteiger partial charge in [0, 0.05) is 39.3 Å². The Balaban J connectivity index is 1.65. The lowest BCUT2D eigenvalue weighted by Crippen LogP contribution is -2.53. The molecule has 1 aromatic carbocycles. The molecule has 0 aliphatic carbocycles. The number of rotatable bonds is 4. The van der Waals surface area contributed by atoms with Gasteiger partial charge in [0.05, 0.1) is 11.0 Å². The van der Waals surface area contributed by atoms with Crippen molar-refractivity contribution in [3.8, 4) is 0 Å². The fraction of sp³-hybridized carbons (Fsp3) is 0.650. The summed E-state index contributed by atoms with van der Waals surface area (Å²) in [6, 6.07) is 2.06. The summed E-state index contributed by atoms with van der Waals surface area (Å²) in [4.78, 5) is 2.52. The van der Waals surface area contributed by atoms with Crippen LogP contribution in [0.2, 0.25) is 0 Å². The average Bonchev–Trinajstić information content (AvgIpc) is 3.18. The van der Waals surface area contributed by atoms with E-state index in [2.05, 4.69) is 16.3 Å². The number of piperazine rings is 1. The second-order valence-corrected chi connectivity index (χ2v) is 10.1. The highest BCUT2D eigenvalue weighted by Gasteiger charge is 2.32. The van der Waals surface area contributed by atoms with Gasteiger partial charge in [-0.15, -0.1) is 0 Å². The molecule has 1 N–H and O–H groups in total. The maximum absolute atomic E-state index is 13.4. The van der Waals surface area contributed by atoms with Gasteiger partial charge in [-0.3, -0.25) is 0 Å². The van der Waals surface area contributed by atoms with Crippen molar-refractivity contribution >= 4 is 27.4 Å². The third-order valence-electron chi connectivity index (χ3n) is 5.93. The molecule has 28 heavy (non-hydrogen) atoms. The highest BCUT2D eigenvalue weighted by Crippen LogP contribution is 2.29. The Kier molecular flexibility index (Phi) is 6.64. The summed E-state index contributed by atoms with van der Waals surface area (Å²) in [6.45, 7) is 11.4. The van der Waals surface area contributed by atoms with Crippen LogP contribution < -0.4 is 5.32 Å². The van der Waals surface area contributed by atoms with Gasteiger partial charge in [-0.25, -0.2) is 8.42 Å². The second-order valence-electron chi connectivity index (χ2n) is 7.80. The molecule has 1 aromatic rings. The van der Waals surface area contributed by atoms with E-state index in [1.807, 2.05) is 27.7 Å². The highest BCUT2D eigenvalue weighted by atomic mass is 32.2. The smallest absolute Gasteiger partial charge is 0.243 e. The topological polar surface area (TPSA) is 61.9 Å². The lowest BCUT2D eigenvalue weighted by atomic mass is 10.0. The van der Waals surface area contributed by atoms with Crippen molar-refractivity contribution < 1.29 is 13.2 Å². The zero-order valence-electron chi connectivity index (χ0n) is 17.2. The average molecular weight is 426 g/mol. The molecule has 8 heteroatoms. The number of nitrogens with zero attached hydrogens (tertiary/aromatic N) is 2. The molecule has 0 amide bonds. The van der Waals surface area contributed by atoms with Crippen molar-refractivity contribution in [3.05, 3.63) is 28.3 Å². The molecule has 1 atom stereocenters. The molecular formula is C20H31N3O3S2. The van der Waals surface area contributed by atoms with E-state index in [-0.39, 0.29) is 6.10 Å². The van der Waals surface area contributed by atoms with Crippen LogP contribution in [0.25, 0.3) is 0 Å². The van der Waals surface area contributed by atoms with E-state index in [1.54, 1.807) is 4.31 Å².